The molecule has 1 aromatic heterocycles. The summed E-state index contributed by atoms with van der Waals surface area (Å²) in [6, 6.07) is 0.421. The molecule has 1 amide bonds. The van der Waals surface area contributed by atoms with Crippen LogP contribution in [0.2, 0.25) is 0 Å². The molecule has 0 saturated heterocycles. The average Bonchev–Trinajstić information content (AvgIpc) is 3.12. The second kappa shape index (κ2) is 5.53. The summed E-state index contributed by atoms with van der Waals surface area (Å²) in [5.74, 6) is 2.99. The van der Waals surface area contributed by atoms with E-state index >= 15 is 0 Å². The van der Waals surface area contributed by atoms with Crippen LogP contribution in [0.15, 0.2) is 5.16 Å². The van der Waals surface area contributed by atoms with Crippen LogP contribution in [-0.2, 0) is 11.2 Å². The second-order valence-corrected chi connectivity index (χ2v) is 6.50. The van der Waals surface area contributed by atoms with E-state index in [4.69, 9.17) is 0 Å². The lowest BCUT2D eigenvalue weighted by Crippen LogP contribution is -2.39. The largest absolute Gasteiger partial charge is 0.352 e. The molecule has 6 heteroatoms. The van der Waals surface area contributed by atoms with E-state index in [1.165, 1.54) is 37.4 Å². The number of thioether (sulfide) groups is 1. The Morgan fingerprint density at radius 1 is 1.47 bits per heavy atom. The number of nitrogens with one attached hydrogen (secondary N) is 2. The smallest absolute Gasteiger partial charge is 0.230 e. The van der Waals surface area contributed by atoms with Gasteiger partial charge in [0.15, 0.2) is 0 Å². The number of carbonyl (C=O) groups is 1. The summed E-state index contributed by atoms with van der Waals surface area (Å²) in [7, 11) is 0. The lowest BCUT2D eigenvalue weighted by molar-refractivity contribution is -0.119. The van der Waals surface area contributed by atoms with Gasteiger partial charge in [0.2, 0.25) is 11.1 Å². The van der Waals surface area contributed by atoms with E-state index in [2.05, 4.69) is 20.5 Å². The summed E-state index contributed by atoms with van der Waals surface area (Å²) in [6.07, 6.45) is 6.00. The first-order chi connectivity index (χ1) is 9.24. The highest BCUT2D eigenvalue weighted by Gasteiger charge is 2.39. The number of aromatic amines is 1. The third-order valence-corrected chi connectivity index (χ3v) is 5.11. The molecule has 2 fully saturated rings. The molecule has 0 radical (unpaired) electrons. The Kier molecular flexibility index (Phi) is 3.77. The van der Waals surface area contributed by atoms with Crippen LogP contribution in [0.3, 0.4) is 0 Å². The summed E-state index contributed by atoms with van der Waals surface area (Å²) >= 11 is 1.40. The number of rotatable bonds is 5. The molecule has 3 atom stereocenters. The molecule has 3 rings (SSSR count). The Balaban J connectivity index is 1.44. The summed E-state index contributed by atoms with van der Waals surface area (Å²) < 4.78 is 0. The fourth-order valence-corrected chi connectivity index (χ4v) is 3.93. The highest BCUT2D eigenvalue weighted by molar-refractivity contribution is 7.99. The van der Waals surface area contributed by atoms with E-state index in [0.717, 1.165) is 24.1 Å². The Labute approximate surface area is 117 Å². The van der Waals surface area contributed by atoms with Crippen molar-refractivity contribution in [2.24, 2.45) is 11.8 Å². The van der Waals surface area contributed by atoms with Crippen molar-refractivity contribution in [1.29, 1.82) is 0 Å². The van der Waals surface area contributed by atoms with Gasteiger partial charge in [-0.05, 0) is 31.1 Å². The number of hydrogen-bond donors (Lipinski definition) is 2. The van der Waals surface area contributed by atoms with Crippen molar-refractivity contribution in [3.05, 3.63) is 5.82 Å². The van der Waals surface area contributed by atoms with Gasteiger partial charge in [0.1, 0.15) is 5.82 Å². The monoisotopic (exact) mass is 280 g/mol. The fraction of sp³-hybridized carbons (Fsp3) is 0.769. The molecule has 0 spiro atoms. The van der Waals surface area contributed by atoms with Gasteiger partial charge in [-0.3, -0.25) is 9.89 Å². The van der Waals surface area contributed by atoms with Gasteiger partial charge in [-0.15, -0.1) is 5.10 Å². The van der Waals surface area contributed by atoms with Gasteiger partial charge < -0.3 is 5.32 Å². The van der Waals surface area contributed by atoms with Crippen LogP contribution in [0, 0.1) is 11.8 Å². The zero-order valence-corrected chi connectivity index (χ0v) is 12.0. The van der Waals surface area contributed by atoms with E-state index in [1.807, 2.05) is 6.92 Å². The molecular formula is C13H20N4OS. The van der Waals surface area contributed by atoms with Crippen molar-refractivity contribution in [3.8, 4) is 0 Å². The van der Waals surface area contributed by atoms with E-state index in [1.54, 1.807) is 0 Å². The number of hydrogen-bond acceptors (Lipinski definition) is 4. The zero-order valence-electron chi connectivity index (χ0n) is 11.2. The first-order valence-corrected chi connectivity index (χ1v) is 8.06. The molecule has 0 aliphatic heterocycles. The molecule has 2 aliphatic carbocycles. The summed E-state index contributed by atoms with van der Waals surface area (Å²) in [4.78, 5) is 16.2. The third kappa shape index (κ3) is 2.94. The molecule has 1 heterocycles. The minimum Gasteiger partial charge on any atom is -0.352 e. The molecule has 19 heavy (non-hydrogen) atoms. The summed E-state index contributed by atoms with van der Waals surface area (Å²) in [5.41, 5.74) is 0. The first-order valence-electron chi connectivity index (χ1n) is 7.08. The first kappa shape index (κ1) is 13.0. The van der Waals surface area contributed by atoms with Gasteiger partial charge in [-0.2, -0.15) is 0 Å². The second-order valence-electron chi connectivity index (χ2n) is 5.56. The topological polar surface area (TPSA) is 70.7 Å². The van der Waals surface area contributed by atoms with Crippen LogP contribution in [0.5, 0.6) is 0 Å². The highest BCUT2D eigenvalue weighted by atomic mass is 32.2. The maximum atomic E-state index is 11.9. The van der Waals surface area contributed by atoms with Crippen molar-refractivity contribution in [2.75, 3.05) is 5.75 Å². The van der Waals surface area contributed by atoms with Crippen molar-refractivity contribution in [3.63, 3.8) is 0 Å². The van der Waals surface area contributed by atoms with Crippen LogP contribution >= 0.6 is 11.8 Å². The fourth-order valence-electron chi connectivity index (χ4n) is 3.30. The Hall–Kier alpha value is -1.04. The van der Waals surface area contributed by atoms with Gasteiger partial charge in [-0.1, -0.05) is 25.1 Å². The molecule has 2 bridgehead atoms. The van der Waals surface area contributed by atoms with Gasteiger partial charge in [0.25, 0.3) is 0 Å². The number of aryl methyl sites for hydroxylation is 1. The Morgan fingerprint density at radius 3 is 3.00 bits per heavy atom. The molecule has 104 valence electrons. The molecule has 2 aliphatic rings. The molecule has 5 nitrogen and oxygen atoms in total. The van der Waals surface area contributed by atoms with Gasteiger partial charge in [-0.25, -0.2) is 4.98 Å². The van der Waals surface area contributed by atoms with Crippen molar-refractivity contribution < 1.29 is 4.79 Å². The quantitative estimate of drug-likeness (QED) is 0.806. The van der Waals surface area contributed by atoms with Crippen LogP contribution in [0.25, 0.3) is 0 Å². The maximum Gasteiger partial charge on any atom is 0.230 e. The van der Waals surface area contributed by atoms with Crippen LogP contribution in [0.4, 0.5) is 0 Å². The lowest BCUT2D eigenvalue weighted by atomic mass is 9.95. The minimum atomic E-state index is 0.116. The third-order valence-electron chi connectivity index (χ3n) is 4.26. The van der Waals surface area contributed by atoms with Crippen molar-refractivity contribution in [2.45, 2.75) is 50.2 Å². The van der Waals surface area contributed by atoms with E-state index in [9.17, 15) is 4.79 Å². The number of amides is 1. The number of aromatic nitrogens is 3. The molecule has 1 aromatic rings. The average molecular weight is 280 g/mol. The number of carbonyl (C=O) groups excluding carboxylic acids is 1. The molecular weight excluding hydrogens is 260 g/mol. The molecule has 2 N–H and O–H groups in total. The SMILES string of the molecule is CCc1nc(SCC(=O)N[C@H]2C[C@H]3CC[C@H]2C3)n[nH]1. The predicted molar refractivity (Wildman–Crippen MR) is 73.9 cm³/mol. The van der Waals surface area contributed by atoms with Crippen LogP contribution in [0.1, 0.15) is 38.4 Å². The van der Waals surface area contributed by atoms with Gasteiger partial charge in [0.05, 0.1) is 5.75 Å². The zero-order chi connectivity index (χ0) is 13.2. The van der Waals surface area contributed by atoms with E-state index < -0.39 is 0 Å². The minimum absolute atomic E-state index is 0.116. The lowest BCUT2D eigenvalue weighted by Gasteiger charge is -2.22. The molecule has 0 aromatic carbocycles. The normalized spacial score (nSPS) is 28.8. The standard InChI is InChI=1S/C13H20N4OS/c1-2-11-15-13(17-16-11)19-7-12(18)14-10-6-8-3-4-9(10)5-8/h8-10H,2-7H2,1H3,(H,14,18)(H,15,16,17)/t8-,9-,10-/m0/s1. The van der Waals surface area contributed by atoms with E-state index in [0.29, 0.717) is 17.0 Å². The summed E-state index contributed by atoms with van der Waals surface area (Å²) in [5, 5.41) is 10.8. The van der Waals surface area contributed by atoms with Crippen molar-refractivity contribution >= 4 is 17.7 Å². The Bertz CT molecular complexity index is 461. The van der Waals surface area contributed by atoms with E-state index in [-0.39, 0.29) is 5.91 Å². The van der Waals surface area contributed by atoms with Gasteiger partial charge in [0, 0.05) is 12.5 Å². The Morgan fingerprint density at radius 2 is 2.37 bits per heavy atom. The molecule has 0 unspecified atom stereocenters. The maximum absolute atomic E-state index is 11.9. The number of nitrogens with zero attached hydrogens (tertiary/aromatic N) is 2. The highest BCUT2D eigenvalue weighted by Crippen LogP contribution is 2.44. The molecule has 2 saturated carbocycles. The predicted octanol–water partition coefficient (Wildman–Crippen LogP) is 1.76. The van der Waals surface area contributed by atoms with Crippen molar-refractivity contribution in [1.82, 2.24) is 20.5 Å². The summed E-state index contributed by atoms with van der Waals surface area (Å²) in [6.45, 7) is 2.02. The number of fused-ring (bicyclic) bond motifs is 2. The number of H-pyrrole nitrogens is 1. The van der Waals surface area contributed by atoms with Crippen LogP contribution < -0.4 is 5.32 Å². The van der Waals surface area contributed by atoms with Crippen LogP contribution in [-0.4, -0.2) is 32.9 Å². The van der Waals surface area contributed by atoms with Gasteiger partial charge >= 0.3 is 0 Å².